The summed E-state index contributed by atoms with van der Waals surface area (Å²) in [5.74, 6) is 0.0836. The van der Waals surface area contributed by atoms with Gasteiger partial charge in [0.2, 0.25) is 10.0 Å². The molecular formula is C19H25N3O3S2. The molecule has 3 rings (SSSR count). The first-order chi connectivity index (χ1) is 12.9. The second-order valence-corrected chi connectivity index (χ2v) is 9.46. The Morgan fingerprint density at radius 2 is 1.89 bits per heavy atom. The number of benzene rings is 1. The summed E-state index contributed by atoms with van der Waals surface area (Å²) in [5, 5.41) is 1.91. The van der Waals surface area contributed by atoms with Crippen LogP contribution < -0.4 is 4.72 Å². The molecule has 1 N–H and O–H groups in total. The molecule has 1 aliphatic rings. The van der Waals surface area contributed by atoms with Crippen LogP contribution in [0.1, 0.15) is 20.8 Å². The standard InChI is InChI=1S/C19H25N3O3S2/c1-15-5-6-16(2)18(14-15)27(24,25)20-7-8-21-9-11-22(12-10-21)19(23)17-4-3-13-26-17/h3-6,13-14,20H,7-12H2,1-2H3. The van der Waals surface area contributed by atoms with Crippen LogP contribution in [-0.2, 0) is 10.0 Å². The Morgan fingerprint density at radius 3 is 2.56 bits per heavy atom. The smallest absolute Gasteiger partial charge is 0.264 e. The molecule has 0 radical (unpaired) electrons. The van der Waals surface area contributed by atoms with Crippen molar-refractivity contribution in [3.05, 3.63) is 51.7 Å². The maximum absolute atomic E-state index is 12.5. The Bertz CT molecular complexity index is 887. The van der Waals surface area contributed by atoms with Crippen LogP contribution in [0.5, 0.6) is 0 Å². The van der Waals surface area contributed by atoms with Crippen molar-refractivity contribution in [2.75, 3.05) is 39.3 Å². The molecule has 1 amide bonds. The lowest BCUT2D eigenvalue weighted by molar-refractivity contribution is 0.0645. The maximum Gasteiger partial charge on any atom is 0.264 e. The van der Waals surface area contributed by atoms with Gasteiger partial charge >= 0.3 is 0 Å². The molecule has 8 heteroatoms. The largest absolute Gasteiger partial charge is 0.335 e. The monoisotopic (exact) mass is 407 g/mol. The number of hydrogen-bond donors (Lipinski definition) is 1. The van der Waals surface area contributed by atoms with Crippen LogP contribution in [0.4, 0.5) is 0 Å². The third-order valence-electron chi connectivity index (χ3n) is 4.74. The molecular weight excluding hydrogens is 382 g/mol. The van der Waals surface area contributed by atoms with Crippen LogP contribution in [0.2, 0.25) is 0 Å². The SMILES string of the molecule is Cc1ccc(C)c(S(=O)(=O)NCCN2CCN(C(=O)c3cccs3)CC2)c1. The molecule has 1 aliphatic heterocycles. The minimum absolute atomic E-state index is 0.0836. The highest BCUT2D eigenvalue weighted by molar-refractivity contribution is 7.89. The molecule has 27 heavy (non-hydrogen) atoms. The summed E-state index contributed by atoms with van der Waals surface area (Å²) in [6.07, 6.45) is 0. The van der Waals surface area contributed by atoms with E-state index in [1.807, 2.05) is 41.5 Å². The van der Waals surface area contributed by atoms with Crippen LogP contribution in [0.3, 0.4) is 0 Å². The Labute approximate surface area is 164 Å². The average molecular weight is 408 g/mol. The fraction of sp³-hybridized carbons (Fsp3) is 0.421. The average Bonchev–Trinajstić information content (AvgIpc) is 3.18. The molecule has 1 aromatic heterocycles. The zero-order valence-corrected chi connectivity index (χ0v) is 17.3. The highest BCUT2D eigenvalue weighted by Gasteiger charge is 2.23. The van der Waals surface area contributed by atoms with Gasteiger partial charge in [-0.05, 0) is 42.5 Å². The Morgan fingerprint density at radius 1 is 1.15 bits per heavy atom. The van der Waals surface area contributed by atoms with Gasteiger partial charge in [0.05, 0.1) is 9.77 Å². The highest BCUT2D eigenvalue weighted by Crippen LogP contribution is 2.17. The van der Waals surface area contributed by atoms with Crippen LogP contribution >= 0.6 is 11.3 Å². The molecule has 0 spiro atoms. The molecule has 0 unspecified atom stereocenters. The fourth-order valence-corrected chi connectivity index (χ4v) is 5.18. The van der Waals surface area contributed by atoms with E-state index in [1.54, 1.807) is 13.0 Å². The number of amides is 1. The number of carbonyl (C=O) groups excluding carboxylic acids is 1. The number of hydrogen-bond acceptors (Lipinski definition) is 5. The van der Waals surface area contributed by atoms with Crippen LogP contribution in [0.25, 0.3) is 0 Å². The predicted molar refractivity (Wildman–Crippen MR) is 108 cm³/mol. The minimum atomic E-state index is -3.51. The number of nitrogens with zero attached hydrogens (tertiary/aromatic N) is 2. The third kappa shape index (κ3) is 4.95. The summed E-state index contributed by atoms with van der Waals surface area (Å²) < 4.78 is 27.8. The van der Waals surface area contributed by atoms with Gasteiger partial charge in [-0.3, -0.25) is 9.69 Å². The van der Waals surface area contributed by atoms with Crippen molar-refractivity contribution in [3.63, 3.8) is 0 Å². The van der Waals surface area contributed by atoms with Crippen molar-refractivity contribution >= 4 is 27.3 Å². The van der Waals surface area contributed by atoms with Gasteiger partial charge in [-0.25, -0.2) is 13.1 Å². The van der Waals surface area contributed by atoms with E-state index in [0.717, 1.165) is 29.1 Å². The number of piperazine rings is 1. The first kappa shape index (κ1) is 20.0. The summed E-state index contributed by atoms with van der Waals surface area (Å²) in [5.41, 5.74) is 1.67. The molecule has 0 atom stereocenters. The molecule has 0 bridgehead atoms. The van der Waals surface area contributed by atoms with E-state index >= 15 is 0 Å². The first-order valence-corrected chi connectivity index (χ1v) is 11.4. The van der Waals surface area contributed by atoms with E-state index in [9.17, 15) is 13.2 Å². The molecule has 1 aromatic carbocycles. The molecule has 1 fully saturated rings. The van der Waals surface area contributed by atoms with Gasteiger partial charge in [-0.2, -0.15) is 0 Å². The van der Waals surface area contributed by atoms with Crippen LogP contribution in [0.15, 0.2) is 40.6 Å². The van der Waals surface area contributed by atoms with Crippen molar-refractivity contribution < 1.29 is 13.2 Å². The number of aryl methyl sites for hydroxylation is 2. The summed E-state index contributed by atoms with van der Waals surface area (Å²) in [6.45, 7) is 7.51. The lowest BCUT2D eigenvalue weighted by Gasteiger charge is -2.34. The van der Waals surface area contributed by atoms with Crippen molar-refractivity contribution in [1.29, 1.82) is 0 Å². The third-order valence-corrected chi connectivity index (χ3v) is 7.21. The van der Waals surface area contributed by atoms with E-state index in [-0.39, 0.29) is 5.91 Å². The number of nitrogens with one attached hydrogen (secondary N) is 1. The van der Waals surface area contributed by atoms with Crippen molar-refractivity contribution in [2.24, 2.45) is 0 Å². The Hall–Kier alpha value is -1.74. The molecule has 0 aliphatic carbocycles. The van der Waals surface area contributed by atoms with Gasteiger partial charge in [0, 0.05) is 39.3 Å². The zero-order chi connectivity index (χ0) is 19.4. The summed E-state index contributed by atoms with van der Waals surface area (Å²) in [6, 6.07) is 9.17. The second-order valence-electron chi connectivity index (χ2n) is 6.78. The molecule has 2 heterocycles. The van der Waals surface area contributed by atoms with E-state index in [1.165, 1.54) is 11.3 Å². The Balaban J connectivity index is 1.48. The lowest BCUT2D eigenvalue weighted by Crippen LogP contribution is -2.50. The van der Waals surface area contributed by atoms with Crippen LogP contribution in [-0.4, -0.2) is 63.4 Å². The highest BCUT2D eigenvalue weighted by atomic mass is 32.2. The van der Waals surface area contributed by atoms with Gasteiger partial charge in [-0.15, -0.1) is 11.3 Å². The molecule has 2 aromatic rings. The van der Waals surface area contributed by atoms with E-state index in [0.29, 0.717) is 31.1 Å². The van der Waals surface area contributed by atoms with E-state index < -0.39 is 10.0 Å². The topological polar surface area (TPSA) is 69.7 Å². The normalized spacial score (nSPS) is 15.9. The lowest BCUT2D eigenvalue weighted by atomic mass is 10.2. The molecule has 146 valence electrons. The first-order valence-electron chi connectivity index (χ1n) is 8.99. The van der Waals surface area contributed by atoms with Crippen molar-refractivity contribution in [1.82, 2.24) is 14.5 Å². The maximum atomic E-state index is 12.5. The minimum Gasteiger partial charge on any atom is -0.335 e. The van der Waals surface area contributed by atoms with Crippen LogP contribution in [0, 0.1) is 13.8 Å². The van der Waals surface area contributed by atoms with Gasteiger partial charge in [0.25, 0.3) is 5.91 Å². The van der Waals surface area contributed by atoms with Gasteiger partial charge in [0.15, 0.2) is 0 Å². The summed E-state index contributed by atoms with van der Waals surface area (Å²) in [7, 11) is -3.51. The van der Waals surface area contributed by atoms with E-state index in [4.69, 9.17) is 0 Å². The van der Waals surface area contributed by atoms with Gasteiger partial charge in [0.1, 0.15) is 0 Å². The summed E-state index contributed by atoms with van der Waals surface area (Å²) >= 11 is 1.46. The van der Waals surface area contributed by atoms with Crippen molar-refractivity contribution in [3.8, 4) is 0 Å². The number of carbonyl (C=O) groups is 1. The predicted octanol–water partition coefficient (Wildman–Crippen LogP) is 2.10. The Kier molecular flexibility index (Phi) is 6.31. The number of thiophene rings is 1. The summed E-state index contributed by atoms with van der Waals surface area (Å²) in [4.78, 5) is 17.5. The number of sulfonamides is 1. The fourth-order valence-electron chi connectivity index (χ4n) is 3.14. The quantitative estimate of drug-likeness (QED) is 0.796. The molecule has 1 saturated heterocycles. The zero-order valence-electron chi connectivity index (χ0n) is 15.6. The molecule has 6 nitrogen and oxygen atoms in total. The number of rotatable bonds is 6. The van der Waals surface area contributed by atoms with Gasteiger partial charge < -0.3 is 4.90 Å². The van der Waals surface area contributed by atoms with Gasteiger partial charge in [-0.1, -0.05) is 18.2 Å². The van der Waals surface area contributed by atoms with E-state index in [2.05, 4.69) is 9.62 Å². The molecule has 0 saturated carbocycles. The second kappa shape index (κ2) is 8.52. The van der Waals surface area contributed by atoms with Crippen molar-refractivity contribution in [2.45, 2.75) is 18.7 Å².